The molecule has 0 bridgehead atoms. The zero-order valence-electron chi connectivity index (χ0n) is 15.7. The molecule has 1 fully saturated rings. The number of allylic oxidation sites excluding steroid dienone is 1. The molecule has 0 unspecified atom stereocenters. The highest BCUT2D eigenvalue weighted by molar-refractivity contribution is 6.55. The quantitative estimate of drug-likeness (QED) is 0.638. The van der Waals surface area contributed by atoms with Gasteiger partial charge in [-0.05, 0) is 28.9 Å². The van der Waals surface area contributed by atoms with Crippen LogP contribution in [-0.4, -0.2) is 25.2 Å². The van der Waals surface area contributed by atoms with E-state index in [1.165, 1.54) is 0 Å². The van der Waals surface area contributed by atoms with Crippen molar-refractivity contribution in [1.82, 2.24) is 5.32 Å². The molecule has 7 heteroatoms. The lowest BCUT2D eigenvalue weighted by molar-refractivity contribution is -0.123. The van der Waals surface area contributed by atoms with Crippen molar-refractivity contribution in [2.24, 2.45) is 17.3 Å². The number of rotatable bonds is 6. The van der Waals surface area contributed by atoms with Crippen LogP contribution in [0.15, 0.2) is 53.0 Å². The molecule has 0 saturated heterocycles. The Labute approximate surface area is 174 Å². The molecule has 0 aliphatic heterocycles. The van der Waals surface area contributed by atoms with Crippen LogP contribution in [0.2, 0.25) is 0 Å². The van der Waals surface area contributed by atoms with E-state index in [9.17, 15) is 9.59 Å². The Kier molecular flexibility index (Phi) is 6.16. The van der Waals surface area contributed by atoms with Crippen LogP contribution in [0.3, 0.4) is 0 Å². The van der Waals surface area contributed by atoms with Gasteiger partial charge in [-0.3, -0.25) is 10.1 Å². The van der Waals surface area contributed by atoms with E-state index >= 15 is 0 Å². The van der Waals surface area contributed by atoms with Gasteiger partial charge < -0.3 is 10.1 Å². The van der Waals surface area contributed by atoms with Gasteiger partial charge in [0.2, 0.25) is 5.91 Å². The van der Waals surface area contributed by atoms with E-state index in [1.54, 1.807) is 6.08 Å². The minimum absolute atomic E-state index is 0.00748. The van der Waals surface area contributed by atoms with Crippen molar-refractivity contribution in [3.63, 3.8) is 0 Å². The van der Waals surface area contributed by atoms with E-state index < -0.39 is 6.09 Å². The highest BCUT2D eigenvalue weighted by Gasteiger charge is 2.60. The van der Waals surface area contributed by atoms with E-state index in [4.69, 9.17) is 27.9 Å². The summed E-state index contributed by atoms with van der Waals surface area (Å²) in [5.74, 6) is -0.281. The van der Waals surface area contributed by atoms with Crippen molar-refractivity contribution < 1.29 is 14.3 Å². The van der Waals surface area contributed by atoms with Crippen LogP contribution < -0.4 is 10.6 Å². The molecule has 148 valence electrons. The molecule has 5 nitrogen and oxygen atoms in total. The van der Waals surface area contributed by atoms with Gasteiger partial charge >= 0.3 is 6.09 Å². The number of ether oxygens (including phenoxy) is 1. The number of nitrogens with one attached hydrogen (secondary N) is 2. The van der Waals surface area contributed by atoms with Crippen LogP contribution in [0.25, 0.3) is 10.8 Å². The lowest BCUT2D eigenvalue weighted by Crippen LogP contribution is -2.31. The van der Waals surface area contributed by atoms with Gasteiger partial charge in [0.05, 0.1) is 18.2 Å². The van der Waals surface area contributed by atoms with Gasteiger partial charge in [-0.2, -0.15) is 0 Å². The number of carbonyl (C=O) groups is 2. The Bertz CT molecular complexity index is 918. The molecule has 2 N–H and O–H groups in total. The number of fused-ring (bicyclic) bond motifs is 1. The topological polar surface area (TPSA) is 67.4 Å². The zero-order valence-corrected chi connectivity index (χ0v) is 17.2. The molecule has 2 aromatic carbocycles. The second-order valence-electron chi connectivity index (χ2n) is 7.36. The van der Waals surface area contributed by atoms with Crippen LogP contribution in [0.4, 0.5) is 10.5 Å². The first-order valence-electron chi connectivity index (χ1n) is 9.03. The fourth-order valence-electron chi connectivity index (χ4n) is 3.53. The van der Waals surface area contributed by atoms with E-state index in [-0.39, 0.29) is 40.8 Å². The minimum Gasteiger partial charge on any atom is -0.447 e. The van der Waals surface area contributed by atoms with Crippen LogP contribution in [-0.2, 0) is 9.53 Å². The SMILES string of the molecule is CC1(C)[C@@H](C=C(Cl)Cl)[C@@H]1C(=O)NCCOC(=O)Nc1cccc2ccccc12. The largest absolute Gasteiger partial charge is 0.447 e. The average molecular weight is 421 g/mol. The number of amides is 2. The molecule has 28 heavy (non-hydrogen) atoms. The lowest BCUT2D eigenvalue weighted by Gasteiger charge is -2.10. The third-order valence-corrected chi connectivity index (χ3v) is 5.41. The molecule has 3 rings (SSSR count). The van der Waals surface area contributed by atoms with Crippen LogP contribution in [0.5, 0.6) is 0 Å². The molecule has 0 heterocycles. The molecule has 1 aliphatic rings. The molecular weight excluding hydrogens is 399 g/mol. The van der Waals surface area contributed by atoms with Gasteiger partial charge in [-0.15, -0.1) is 0 Å². The molecule has 2 amide bonds. The molecular formula is C21H22Cl2N2O3. The standard InChI is InChI=1S/C21H22Cl2N2O3/c1-21(2)15(12-17(22)23)18(21)19(26)24-10-11-28-20(27)25-16-9-5-7-13-6-3-4-8-14(13)16/h3-9,12,15,18H,10-11H2,1-2H3,(H,24,26)(H,25,27)/t15-,18+/m0/s1. The normalized spacial score (nSPS) is 19.6. The Morgan fingerprint density at radius 2 is 1.86 bits per heavy atom. The van der Waals surface area contributed by atoms with Gasteiger partial charge in [-0.1, -0.05) is 73.4 Å². The Balaban J connectivity index is 1.45. The van der Waals surface area contributed by atoms with E-state index in [0.717, 1.165) is 10.8 Å². The van der Waals surface area contributed by atoms with Crippen LogP contribution in [0, 0.1) is 17.3 Å². The lowest BCUT2D eigenvalue weighted by atomic mass is 10.1. The maximum atomic E-state index is 12.3. The average Bonchev–Trinajstić information content (AvgIpc) is 3.18. The summed E-state index contributed by atoms with van der Waals surface area (Å²) in [6.07, 6.45) is 1.13. The smallest absolute Gasteiger partial charge is 0.411 e. The summed E-state index contributed by atoms with van der Waals surface area (Å²) >= 11 is 11.4. The molecule has 0 spiro atoms. The van der Waals surface area contributed by atoms with Gasteiger partial charge in [0.1, 0.15) is 11.1 Å². The number of hydrogen-bond donors (Lipinski definition) is 2. The number of anilines is 1. The van der Waals surface area contributed by atoms with Gasteiger partial charge in [0, 0.05) is 5.39 Å². The molecule has 0 aromatic heterocycles. The summed E-state index contributed by atoms with van der Waals surface area (Å²) in [7, 11) is 0. The molecule has 1 aliphatic carbocycles. The van der Waals surface area contributed by atoms with Crippen molar-refractivity contribution in [1.29, 1.82) is 0 Å². The first-order valence-corrected chi connectivity index (χ1v) is 9.78. The fourth-order valence-corrected chi connectivity index (χ4v) is 3.81. The van der Waals surface area contributed by atoms with Crippen LogP contribution >= 0.6 is 23.2 Å². The van der Waals surface area contributed by atoms with E-state index in [0.29, 0.717) is 5.69 Å². The molecule has 2 atom stereocenters. The van der Waals surface area contributed by atoms with E-state index in [2.05, 4.69) is 10.6 Å². The van der Waals surface area contributed by atoms with Gasteiger partial charge in [0.15, 0.2) is 0 Å². The molecule has 1 saturated carbocycles. The summed E-state index contributed by atoms with van der Waals surface area (Å²) in [6, 6.07) is 13.4. The third kappa shape index (κ3) is 4.59. The second kappa shape index (κ2) is 8.41. The number of benzene rings is 2. The predicted molar refractivity (Wildman–Crippen MR) is 112 cm³/mol. The van der Waals surface area contributed by atoms with Crippen molar-refractivity contribution in [3.8, 4) is 0 Å². The summed E-state index contributed by atoms with van der Waals surface area (Å²) in [6.45, 7) is 4.29. The monoisotopic (exact) mass is 420 g/mol. The van der Waals surface area contributed by atoms with Gasteiger partial charge in [0.25, 0.3) is 0 Å². The Morgan fingerprint density at radius 1 is 1.14 bits per heavy atom. The number of carbonyl (C=O) groups excluding carboxylic acids is 2. The number of halogens is 2. The predicted octanol–water partition coefficient (Wildman–Crippen LogP) is 5.10. The van der Waals surface area contributed by atoms with E-state index in [1.807, 2.05) is 56.3 Å². The summed E-state index contributed by atoms with van der Waals surface area (Å²) in [5.41, 5.74) is 0.491. The van der Waals surface area contributed by atoms with Gasteiger partial charge in [-0.25, -0.2) is 4.79 Å². The van der Waals surface area contributed by atoms with Crippen molar-refractivity contribution in [3.05, 3.63) is 53.0 Å². The third-order valence-electron chi connectivity index (χ3n) is 5.16. The zero-order chi connectivity index (χ0) is 20.3. The fraction of sp³-hybridized carbons (Fsp3) is 0.333. The summed E-state index contributed by atoms with van der Waals surface area (Å²) < 4.78 is 5.34. The first-order chi connectivity index (χ1) is 13.3. The van der Waals surface area contributed by atoms with Crippen LogP contribution in [0.1, 0.15) is 13.8 Å². The van der Waals surface area contributed by atoms with Crippen molar-refractivity contribution in [2.45, 2.75) is 13.8 Å². The Hall–Kier alpha value is -2.24. The summed E-state index contributed by atoms with van der Waals surface area (Å²) in [5, 5.41) is 7.49. The Morgan fingerprint density at radius 3 is 2.61 bits per heavy atom. The summed E-state index contributed by atoms with van der Waals surface area (Å²) in [4.78, 5) is 24.4. The highest BCUT2D eigenvalue weighted by atomic mass is 35.5. The maximum absolute atomic E-state index is 12.3. The minimum atomic E-state index is -0.563. The molecule has 2 aromatic rings. The second-order valence-corrected chi connectivity index (χ2v) is 8.37. The maximum Gasteiger partial charge on any atom is 0.411 e. The first kappa shape index (κ1) is 20.5. The van der Waals surface area contributed by atoms with Crippen molar-refractivity contribution >= 4 is 51.7 Å². The van der Waals surface area contributed by atoms with Crippen molar-refractivity contribution in [2.75, 3.05) is 18.5 Å². The molecule has 0 radical (unpaired) electrons. The number of hydrogen-bond acceptors (Lipinski definition) is 3. The highest BCUT2D eigenvalue weighted by Crippen LogP contribution is 2.59.